The first kappa shape index (κ1) is 35.8. The number of nitrogens with zero attached hydrogens (tertiary/aromatic N) is 2. The number of amides is 1. The lowest BCUT2D eigenvalue weighted by molar-refractivity contribution is -0.125. The van der Waals surface area contributed by atoms with Crippen molar-refractivity contribution in [2.45, 2.75) is 112 Å². The molecule has 1 aromatic carbocycles. The van der Waals surface area contributed by atoms with E-state index in [1.54, 1.807) is 18.9 Å². The molecule has 2 unspecified atom stereocenters. The summed E-state index contributed by atoms with van der Waals surface area (Å²) in [5.74, 6) is -0.00330. The third-order valence-electron chi connectivity index (χ3n) is 8.60. The van der Waals surface area contributed by atoms with Gasteiger partial charge >= 0.3 is 0 Å². The number of unbranched alkanes of at least 4 members (excludes halogenated alkanes) is 1. The van der Waals surface area contributed by atoms with Gasteiger partial charge in [0.2, 0.25) is 5.91 Å². The van der Waals surface area contributed by atoms with E-state index >= 15 is 0 Å². The van der Waals surface area contributed by atoms with E-state index in [2.05, 4.69) is 110 Å². The maximum Gasteiger partial charge on any atom is 0.223 e. The molecule has 0 aliphatic heterocycles. The molecule has 0 spiro atoms. The van der Waals surface area contributed by atoms with E-state index in [9.17, 15) is 4.79 Å². The maximum absolute atomic E-state index is 12.1. The van der Waals surface area contributed by atoms with Crippen LogP contribution in [0.5, 0.6) is 0 Å². The second-order valence-corrected chi connectivity index (χ2v) is 13.1. The second-order valence-electron chi connectivity index (χ2n) is 11.9. The third-order valence-corrected chi connectivity index (χ3v) is 10.1. The highest BCUT2D eigenvalue weighted by Gasteiger charge is 2.28. The molecular weight excluding hydrogens is 508 g/mol. The monoisotopic (exact) mass is 566 g/mol. The van der Waals surface area contributed by atoms with Gasteiger partial charge in [-0.25, -0.2) is 0 Å². The molecule has 0 fully saturated rings. The van der Waals surface area contributed by atoms with Crippen LogP contribution < -0.4 is 4.90 Å². The number of hydrogen-bond donors (Lipinski definition) is 0. The van der Waals surface area contributed by atoms with Gasteiger partial charge in [0.15, 0.2) is 0 Å². The molecule has 0 heterocycles. The van der Waals surface area contributed by atoms with Crippen molar-refractivity contribution in [1.29, 1.82) is 0 Å². The van der Waals surface area contributed by atoms with Crippen LogP contribution in [0.2, 0.25) is 0 Å². The number of rotatable bonds is 18. The number of likely N-dealkylation sites (N-methyl/N-ethyl adjacent to an activating group) is 1. The number of allylic oxidation sites excluding steroid dienone is 4. The number of hydrogen-bond acceptors (Lipinski definition) is 3. The molecule has 40 heavy (non-hydrogen) atoms. The highest BCUT2D eigenvalue weighted by molar-refractivity contribution is 8.06. The Morgan fingerprint density at radius 3 is 2.30 bits per heavy atom. The number of aryl methyl sites for hydroxylation is 1. The van der Waals surface area contributed by atoms with Crippen molar-refractivity contribution >= 4 is 23.4 Å². The number of carbonyl (C=O) groups excluding carboxylic acids is 1. The van der Waals surface area contributed by atoms with Crippen LogP contribution in [0.3, 0.4) is 0 Å². The van der Waals surface area contributed by atoms with Gasteiger partial charge in [-0.15, -0.1) is 6.58 Å². The molecule has 2 atom stereocenters. The molecule has 0 aliphatic rings. The van der Waals surface area contributed by atoms with Crippen LogP contribution in [0.25, 0.3) is 0 Å². The van der Waals surface area contributed by atoms with Gasteiger partial charge in [-0.2, -0.15) is 0 Å². The highest BCUT2D eigenvalue weighted by Crippen LogP contribution is 2.46. The van der Waals surface area contributed by atoms with Crippen molar-refractivity contribution in [2.24, 2.45) is 5.41 Å². The van der Waals surface area contributed by atoms with Crippen molar-refractivity contribution in [3.63, 3.8) is 0 Å². The van der Waals surface area contributed by atoms with Gasteiger partial charge in [-0.3, -0.25) is 4.79 Å². The first-order valence-corrected chi connectivity index (χ1v) is 16.1. The fourth-order valence-corrected chi connectivity index (χ4v) is 6.66. The van der Waals surface area contributed by atoms with E-state index < -0.39 is 0 Å². The molecule has 1 aromatic rings. The van der Waals surface area contributed by atoms with Crippen LogP contribution in [-0.2, 0) is 10.2 Å². The Morgan fingerprint density at radius 1 is 1.10 bits per heavy atom. The minimum atomic E-state index is -0.00330. The van der Waals surface area contributed by atoms with Crippen LogP contribution in [-0.4, -0.2) is 31.4 Å². The molecule has 0 bridgehead atoms. The lowest BCUT2D eigenvalue weighted by Gasteiger charge is -2.32. The standard InChI is InChI=1S/C36H58N2OS/c1-13-18-24-36(10,23-15-3)31-20-19-28(6)33(27-31)37(11)25-21-32(26-29(7)38(12)30(8)39)40-34(16-4)35(9,17-5)22-14-2/h15-16,19-20,26-27H,3,7,13-14,17-18,21-25H2,1-2,4-6,8-12H3/b32-26+,34-16-. The van der Waals surface area contributed by atoms with E-state index in [4.69, 9.17) is 0 Å². The molecule has 224 valence electrons. The summed E-state index contributed by atoms with van der Waals surface area (Å²) in [6.45, 7) is 26.7. The second kappa shape index (κ2) is 16.9. The molecule has 1 amide bonds. The minimum absolute atomic E-state index is 0.00330. The predicted molar refractivity (Wildman–Crippen MR) is 181 cm³/mol. The Balaban J connectivity index is 3.35. The van der Waals surface area contributed by atoms with Crippen molar-refractivity contribution < 1.29 is 4.79 Å². The quantitative estimate of drug-likeness (QED) is 0.130. The summed E-state index contributed by atoms with van der Waals surface area (Å²) in [5.41, 5.74) is 4.94. The summed E-state index contributed by atoms with van der Waals surface area (Å²) in [6.07, 6.45) is 15.3. The van der Waals surface area contributed by atoms with Gasteiger partial charge in [0.25, 0.3) is 0 Å². The fraction of sp³-hybridized carbons (Fsp3) is 0.583. The van der Waals surface area contributed by atoms with E-state index in [0.29, 0.717) is 0 Å². The van der Waals surface area contributed by atoms with Crippen molar-refractivity contribution in [2.75, 3.05) is 25.5 Å². The summed E-state index contributed by atoms with van der Waals surface area (Å²) in [6, 6.07) is 6.99. The van der Waals surface area contributed by atoms with Gasteiger partial charge in [0.1, 0.15) is 0 Å². The Hall–Kier alpha value is -2.20. The molecule has 0 aliphatic carbocycles. The Kier molecular flexibility index (Phi) is 15.2. The van der Waals surface area contributed by atoms with Crippen LogP contribution in [0.15, 0.2) is 65.1 Å². The summed E-state index contributed by atoms with van der Waals surface area (Å²) in [4.78, 5) is 18.7. The summed E-state index contributed by atoms with van der Waals surface area (Å²) in [5, 5.41) is 0. The maximum atomic E-state index is 12.1. The SMILES string of the molecule is C=CCC(C)(CCCC)c1ccc(C)c(N(C)CC/C(=C\C(=C)N(C)C(C)=O)S/C(=C\C)C(C)(CC)CCC)c1. The Morgan fingerprint density at radius 2 is 1.77 bits per heavy atom. The van der Waals surface area contributed by atoms with E-state index in [0.717, 1.165) is 50.8 Å². The van der Waals surface area contributed by atoms with Gasteiger partial charge in [-0.05, 0) is 89.9 Å². The molecule has 0 saturated heterocycles. The third kappa shape index (κ3) is 10.0. The average Bonchev–Trinajstić information content (AvgIpc) is 2.92. The summed E-state index contributed by atoms with van der Waals surface area (Å²) < 4.78 is 0. The van der Waals surface area contributed by atoms with Crippen LogP contribution in [0, 0.1) is 12.3 Å². The molecule has 3 nitrogen and oxygen atoms in total. The van der Waals surface area contributed by atoms with Crippen LogP contribution >= 0.6 is 11.8 Å². The smallest absolute Gasteiger partial charge is 0.223 e. The normalized spacial score (nSPS) is 15.2. The number of carbonyl (C=O) groups is 1. The van der Waals surface area contributed by atoms with E-state index in [1.165, 1.54) is 39.5 Å². The van der Waals surface area contributed by atoms with Gasteiger partial charge in [0, 0.05) is 38.9 Å². The topological polar surface area (TPSA) is 23.6 Å². The number of benzene rings is 1. The number of anilines is 1. The van der Waals surface area contributed by atoms with Crippen LogP contribution in [0.4, 0.5) is 5.69 Å². The lowest BCUT2D eigenvalue weighted by atomic mass is 9.75. The highest BCUT2D eigenvalue weighted by atomic mass is 32.2. The molecule has 0 N–H and O–H groups in total. The summed E-state index contributed by atoms with van der Waals surface area (Å²) >= 11 is 1.87. The average molecular weight is 567 g/mol. The van der Waals surface area contributed by atoms with Gasteiger partial charge in [-0.1, -0.05) is 96.5 Å². The molecule has 4 heteroatoms. The zero-order valence-electron chi connectivity index (χ0n) is 27.5. The van der Waals surface area contributed by atoms with E-state index in [1.807, 2.05) is 11.8 Å². The fourth-order valence-electron chi connectivity index (χ4n) is 5.38. The van der Waals surface area contributed by atoms with Gasteiger partial charge < -0.3 is 9.80 Å². The predicted octanol–water partition coefficient (Wildman–Crippen LogP) is 10.6. The zero-order chi connectivity index (χ0) is 30.5. The first-order chi connectivity index (χ1) is 18.8. The van der Waals surface area contributed by atoms with Crippen molar-refractivity contribution in [1.82, 2.24) is 4.90 Å². The molecule has 1 rings (SSSR count). The first-order valence-electron chi connectivity index (χ1n) is 15.2. The van der Waals surface area contributed by atoms with Gasteiger partial charge in [0.05, 0.1) is 0 Å². The Labute approximate surface area is 251 Å². The largest absolute Gasteiger partial charge is 0.374 e. The number of thioether (sulfide) groups is 1. The summed E-state index contributed by atoms with van der Waals surface area (Å²) in [7, 11) is 4.00. The lowest BCUT2D eigenvalue weighted by Crippen LogP contribution is -2.24. The molecule has 0 aromatic heterocycles. The molecule has 0 saturated carbocycles. The van der Waals surface area contributed by atoms with Crippen molar-refractivity contribution in [3.05, 3.63) is 76.2 Å². The van der Waals surface area contributed by atoms with Crippen LogP contribution in [0.1, 0.15) is 111 Å². The zero-order valence-corrected chi connectivity index (χ0v) is 28.3. The Bertz CT molecular complexity index is 1050. The minimum Gasteiger partial charge on any atom is -0.374 e. The van der Waals surface area contributed by atoms with E-state index in [-0.39, 0.29) is 16.7 Å². The van der Waals surface area contributed by atoms with Crippen molar-refractivity contribution in [3.8, 4) is 0 Å². The molecule has 0 radical (unpaired) electrons. The molecular formula is C36H58N2OS.